The highest BCUT2D eigenvalue weighted by Gasteiger charge is 2.17. The Kier molecular flexibility index (Phi) is 5.64. The van der Waals surface area contributed by atoms with Crippen LogP contribution < -0.4 is 0 Å². The Morgan fingerprint density at radius 1 is 1.28 bits per heavy atom. The largest absolute Gasteiger partial charge is 0.510 e. The van der Waals surface area contributed by atoms with Crippen LogP contribution in [0.25, 0.3) is 16.6 Å². The van der Waals surface area contributed by atoms with Gasteiger partial charge in [0.15, 0.2) is 11.0 Å². The van der Waals surface area contributed by atoms with Gasteiger partial charge < -0.3 is 14.2 Å². The zero-order valence-corrected chi connectivity index (χ0v) is 17.3. The highest BCUT2D eigenvalue weighted by molar-refractivity contribution is 7.99. The lowest BCUT2D eigenvalue weighted by atomic mass is 10.2. The number of aliphatic hydroxyl groups is 1. The average Bonchev–Trinajstić information content (AvgIpc) is 3.47. The fraction of sp³-hybridized carbons (Fsp3) is 0.200. The van der Waals surface area contributed by atoms with Crippen molar-refractivity contribution < 1.29 is 5.11 Å². The second kappa shape index (κ2) is 8.51. The lowest BCUT2D eigenvalue weighted by molar-refractivity contribution is 0.420. The first-order valence-electron chi connectivity index (χ1n) is 8.94. The molecule has 0 saturated heterocycles. The molecule has 3 aromatic heterocycles. The van der Waals surface area contributed by atoms with Gasteiger partial charge >= 0.3 is 0 Å². The Hall–Kier alpha value is -3.09. The van der Waals surface area contributed by atoms with Crippen molar-refractivity contribution in [3.8, 4) is 6.07 Å². The second-order valence-corrected chi connectivity index (χ2v) is 8.32. The maximum atomic E-state index is 10.6. The third-order valence-electron chi connectivity index (χ3n) is 4.51. The Bertz CT molecular complexity index is 1200. The molecular weight excluding hydrogens is 404 g/mol. The molecule has 1 N–H and O–H groups in total. The van der Waals surface area contributed by atoms with Crippen molar-refractivity contribution in [3.05, 3.63) is 64.6 Å². The number of rotatable bonds is 7. The van der Waals surface area contributed by atoms with Gasteiger partial charge in [0.05, 0.1) is 16.8 Å². The van der Waals surface area contributed by atoms with Crippen LogP contribution in [-0.2, 0) is 20.0 Å². The topological polar surface area (TPSA) is 92.5 Å². The van der Waals surface area contributed by atoms with Crippen LogP contribution in [0.4, 0.5) is 0 Å². The van der Waals surface area contributed by atoms with E-state index in [9.17, 15) is 10.4 Å². The van der Waals surface area contributed by atoms with Gasteiger partial charge in [0.1, 0.15) is 23.7 Å². The van der Waals surface area contributed by atoms with Gasteiger partial charge in [-0.3, -0.25) is 0 Å². The van der Waals surface area contributed by atoms with E-state index in [2.05, 4.69) is 32.7 Å². The van der Waals surface area contributed by atoms with Crippen molar-refractivity contribution in [2.24, 2.45) is 7.05 Å². The van der Waals surface area contributed by atoms with E-state index in [1.54, 1.807) is 17.7 Å². The smallest absolute Gasteiger partial charge is 0.191 e. The summed E-state index contributed by atoms with van der Waals surface area (Å²) in [5.74, 6) is 0.638. The molecule has 0 aliphatic carbocycles. The fourth-order valence-electron chi connectivity index (χ4n) is 3.01. The standard InChI is InChI=1S/C20H18N6OS2/c1-25-17-7-3-2-6-16(17)23-19(25)15(11-21)18(27)12-29-20-24-22-13-26(20)9-8-14-5-4-10-28-14/h2-7,10,13,27H,8-9,12H2,1H3/b18-15-. The molecule has 0 spiro atoms. The lowest BCUT2D eigenvalue weighted by Crippen LogP contribution is -2.03. The number of thiophene rings is 1. The van der Waals surface area contributed by atoms with E-state index in [1.165, 1.54) is 16.6 Å². The third-order valence-corrected chi connectivity index (χ3v) is 6.44. The highest BCUT2D eigenvalue weighted by Crippen LogP contribution is 2.25. The summed E-state index contributed by atoms with van der Waals surface area (Å²) in [5.41, 5.74) is 1.86. The molecule has 29 heavy (non-hydrogen) atoms. The summed E-state index contributed by atoms with van der Waals surface area (Å²) < 4.78 is 3.77. The quantitative estimate of drug-likeness (QED) is 0.274. The first kappa shape index (κ1) is 19.2. The van der Waals surface area contributed by atoms with Crippen LogP contribution in [0.3, 0.4) is 0 Å². The van der Waals surface area contributed by atoms with Crippen molar-refractivity contribution in [3.63, 3.8) is 0 Å². The van der Waals surface area contributed by atoms with Crippen LogP contribution in [0.1, 0.15) is 10.7 Å². The number of nitriles is 1. The molecule has 0 atom stereocenters. The van der Waals surface area contributed by atoms with Crippen LogP contribution in [0, 0.1) is 11.3 Å². The van der Waals surface area contributed by atoms with Crippen LogP contribution in [0.2, 0.25) is 0 Å². The van der Waals surface area contributed by atoms with Gasteiger partial charge in [-0.2, -0.15) is 5.26 Å². The zero-order chi connectivity index (χ0) is 20.2. The third kappa shape index (κ3) is 4.04. The number of fused-ring (bicyclic) bond motifs is 1. The average molecular weight is 423 g/mol. The highest BCUT2D eigenvalue weighted by atomic mass is 32.2. The molecule has 0 aliphatic heterocycles. The fourth-order valence-corrected chi connectivity index (χ4v) is 4.53. The number of hydrogen-bond donors (Lipinski definition) is 1. The number of allylic oxidation sites excluding steroid dienone is 1. The number of imidazole rings is 1. The van der Waals surface area contributed by atoms with Crippen molar-refractivity contribution in [1.29, 1.82) is 5.26 Å². The Labute approximate surface area is 176 Å². The maximum absolute atomic E-state index is 10.6. The summed E-state index contributed by atoms with van der Waals surface area (Å²) >= 11 is 3.07. The molecule has 0 aliphatic rings. The van der Waals surface area contributed by atoms with Crippen LogP contribution >= 0.6 is 23.1 Å². The van der Waals surface area contributed by atoms with Crippen molar-refractivity contribution in [2.45, 2.75) is 18.1 Å². The molecule has 1 aromatic carbocycles. The molecule has 0 fully saturated rings. The maximum Gasteiger partial charge on any atom is 0.191 e. The Balaban J connectivity index is 1.51. The van der Waals surface area contributed by atoms with Gasteiger partial charge in [0.25, 0.3) is 0 Å². The number of para-hydroxylation sites is 2. The molecule has 4 rings (SSSR count). The van der Waals surface area contributed by atoms with Gasteiger partial charge in [-0.25, -0.2) is 4.98 Å². The number of benzene rings is 1. The van der Waals surface area contributed by atoms with Gasteiger partial charge in [-0.15, -0.1) is 21.5 Å². The molecule has 4 aromatic rings. The molecule has 3 heterocycles. The first-order chi connectivity index (χ1) is 14.2. The predicted octanol–water partition coefficient (Wildman–Crippen LogP) is 4.05. The van der Waals surface area contributed by atoms with E-state index in [0.29, 0.717) is 11.0 Å². The molecule has 0 bridgehead atoms. The minimum atomic E-state index is -0.0243. The molecule has 9 heteroatoms. The van der Waals surface area contributed by atoms with Crippen molar-refractivity contribution in [2.75, 3.05) is 5.75 Å². The van der Waals surface area contributed by atoms with Gasteiger partial charge in [-0.05, 0) is 30.0 Å². The van der Waals surface area contributed by atoms with Gasteiger partial charge in [-0.1, -0.05) is 30.0 Å². The van der Waals surface area contributed by atoms with Crippen LogP contribution in [0.15, 0.2) is 59.0 Å². The number of aliphatic hydroxyl groups excluding tert-OH is 1. The van der Waals surface area contributed by atoms with E-state index in [-0.39, 0.29) is 17.1 Å². The lowest BCUT2D eigenvalue weighted by Gasteiger charge is -2.07. The molecule has 0 radical (unpaired) electrons. The van der Waals surface area contributed by atoms with Crippen molar-refractivity contribution >= 4 is 39.7 Å². The van der Waals surface area contributed by atoms with E-state index < -0.39 is 0 Å². The Morgan fingerprint density at radius 3 is 2.90 bits per heavy atom. The normalized spacial score (nSPS) is 12.1. The minimum Gasteiger partial charge on any atom is -0.510 e. The van der Waals surface area contributed by atoms with E-state index in [0.717, 1.165) is 24.0 Å². The predicted molar refractivity (Wildman–Crippen MR) is 115 cm³/mol. The number of aromatic nitrogens is 5. The molecule has 146 valence electrons. The van der Waals surface area contributed by atoms with E-state index in [4.69, 9.17) is 0 Å². The molecule has 7 nitrogen and oxygen atoms in total. The molecule has 0 amide bonds. The van der Waals surface area contributed by atoms with Crippen LogP contribution in [-0.4, -0.2) is 35.2 Å². The number of nitrogens with zero attached hydrogens (tertiary/aromatic N) is 6. The molecular formula is C20H18N6OS2. The SMILES string of the molecule is Cn1c(/C(C#N)=C(\O)CSc2nncn2CCc2cccs2)nc2ccccc21. The Morgan fingerprint density at radius 2 is 2.14 bits per heavy atom. The van der Waals surface area contributed by atoms with Crippen LogP contribution in [0.5, 0.6) is 0 Å². The van der Waals surface area contributed by atoms with Crippen molar-refractivity contribution in [1.82, 2.24) is 24.3 Å². The molecule has 0 unspecified atom stereocenters. The monoisotopic (exact) mass is 422 g/mol. The van der Waals surface area contributed by atoms with Gasteiger partial charge in [0.2, 0.25) is 0 Å². The summed E-state index contributed by atoms with van der Waals surface area (Å²) in [6.07, 6.45) is 2.59. The van der Waals surface area contributed by atoms with E-state index in [1.807, 2.05) is 46.5 Å². The minimum absolute atomic E-state index is 0.0243. The molecule has 0 saturated carbocycles. The first-order valence-corrected chi connectivity index (χ1v) is 10.8. The second-order valence-electron chi connectivity index (χ2n) is 6.34. The number of thioether (sulfide) groups is 1. The summed E-state index contributed by atoms with van der Waals surface area (Å²) in [6, 6.07) is 13.9. The number of aryl methyl sites for hydroxylation is 3. The summed E-state index contributed by atoms with van der Waals surface area (Å²) in [5, 5.41) is 31.1. The van der Waals surface area contributed by atoms with Gasteiger partial charge in [0, 0.05) is 18.5 Å². The van der Waals surface area contributed by atoms with E-state index >= 15 is 0 Å². The summed E-state index contributed by atoms with van der Waals surface area (Å²) in [6.45, 7) is 0.760. The number of hydrogen-bond acceptors (Lipinski definition) is 7. The summed E-state index contributed by atoms with van der Waals surface area (Å²) in [4.78, 5) is 5.80. The summed E-state index contributed by atoms with van der Waals surface area (Å²) in [7, 11) is 1.84. The zero-order valence-electron chi connectivity index (χ0n) is 15.7.